The number of hydrogen-bond donors (Lipinski definition) is 2. The molecule has 2 N–H and O–H groups in total. The van der Waals surface area contributed by atoms with Crippen LogP contribution in [0.2, 0.25) is 5.02 Å². The highest BCUT2D eigenvalue weighted by Gasteiger charge is 2.06. The molecule has 0 heterocycles. The van der Waals surface area contributed by atoms with Gasteiger partial charge >= 0.3 is 0 Å². The third kappa shape index (κ3) is 3.23. The number of aromatic hydroxyl groups is 1. The van der Waals surface area contributed by atoms with Crippen molar-refractivity contribution in [2.45, 2.75) is 20.4 Å². The molecule has 0 aliphatic heterocycles. The third-order valence-corrected chi connectivity index (χ3v) is 4.33. The van der Waals surface area contributed by atoms with Crippen molar-refractivity contribution in [2.24, 2.45) is 0 Å². The van der Waals surface area contributed by atoms with Crippen molar-refractivity contribution < 1.29 is 5.11 Å². The van der Waals surface area contributed by atoms with Crippen LogP contribution in [0.5, 0.6) is 5.75 Å². The average Bonchev–Trinajstić information content (AvgIpc) is 2.39. The summed E-state index contributed by atoms with van der Waals surface area (Å²) < 4.78 is 0.891. The first-order valence-corrected chi connectivity index (χ1v) is 7.13. The zero-order chi connectivity index (χ0) is 14.0. The van der Waals surface area contributed by atoms with E-state index in [9.17, 15) is 5.11 Å². The SMILES string of the molecule is Cc1ccc(NCc2ccc(Br)c(Cl)c2)c(C)c1O. The minimum atomic E-state index is 0.346. The fourth-order valence-electron chi connectivity index (χ4n) is 1.87. The molecule has 0 amide bonds. The van der Waals surface area contributed by atoms with Gasteiger partial charge < -0.3 is 10.4 Å². The summed E-state index contributed by atoms with van der Waals surface area (Å²) in [6, 6.07) is 9.73. The summed E-state index contributed by atoms with van der Waals surface area (Å²) in [5, 5.41) is 13.9. The van der Waals surface area contributed by atoms with Gasteiger partial charge in [0, 0.05) is 22.3 Å². The Labute approximate surface area is 126 Å². The first-order chi connectivity index (χ1) is 8.99. The van der Waals surface area contributed by atoms with E-state index < -0.39 is 0 Å². The second-order valence-electron chi connectivity index (χ2n) is 4.51. The molecule has 2 rings (SSSR count). The number of phenols is 1. The number of hydrogen-bond acceptors (Lipinski definition) is 2. The van der Waals surface area contributed by atoms with E-state index in [0.717, 1.165) is 26.9 Å². The molecule has 100 valence electrons. The molecule has 0 saturated heterocycles. The Balaban J connectivity index is 2.14. The summed E-state index contributed by atoms with van der Waals surface area (Å²) >= 11 is 9.43. The zero-order valence-corrected chi connectivity index (χ0v) is 13.1. The van der Waals surface area contributed by atoms with Crippen molar-refractivity contribution in [1.29, 1.82) is 0 Å². The number of nitrogens with one attached hydrogen (secondary N) is 1. The van der Waals surface area contributed by atoms with Gasteiger partial charge in [-0.25, -0.2) is 0 Å². The van der Waals surface area contributed by atoms with E-state index in [-0.39, 0.29) is 0 Å². The summed E-state index contributed by atoms with van der Waals surface area (Å²) in [6.07, 6.45) is 0. The van der Waals surface area contributed by atoms with E-state index in [1.54, 1.807) is 0 Å². The van der Waals surface area contributed by atoms with Gasteiger partial charge in [0.25, 0.3) is 0 Å². The van der Waals surface area contributed by atoms with Crippen LogP contribution < -0.4 is 5.32 Å². The van der Waals surface area contributed by atoms with Crippen molar-refractivity contribution in [3.8, 4) is 5.75 Å². The lowest BCUT2D eigenvalue weighted by Gasteiger charge is -2.12. The van der Waals surface area contributed by atoms with Gasteiger partial charge in [-0.15, -0.1) is 0 Å². The molecule has 2 nitrogen and oxygen atoms in total. The van der Waals surface area contributed by atoms with Gasteiger partial charge in [0.15, 0.2) is 0 Å². The van der Waals surface area contributed by atoms with Crippen molar-refractivity contribution in [2.75, 3.05) is 5.32 Å². The molecular weight excluding hydrogens is 326 g/mol. The first kappa shape index (κ1) is 14.2. The second kappa shape index (κ2) is 5.85. The van der Waals surface area contributed by atoms with Gasteiger partial charge in [0.1, 0.15) is 5.75 Å². The highest BCUT2D eigenvalue weighted by Crippen LogP contribution is 2.29. The number of phenolic OH excluding ortho intramolecular Hbond substituents is 1. The summed E-state index contributed by atoms with van der Waals surface area (Å²) in [5.41, 5.74) is 3.77. The van der Waals surface area contributed by atoms with Gasteiger partial charge in [0.05, 0.1) is 5.02 Å². The Kier molecular flexibility index (Phi) is 4.38. The maximum Gasteiger partial charge on any atom is 0.123 e. The van der Waals surface area contributed by atoms with Crippen molar-refractivity contribution in [1.82, 2.24) is 0 Å². The normalized spacial score (nSPS) is 10.5. The van der Waals surface area contributed by atoms with Crippen LogP contribution in [0.25, 0.3) is 0 Å². The van der Waals surface area contributed by atoms with E-state index >= 15 is 0 Å². The number of anilines is 1. The van der Waals surface area contributed by atoms with E-state index in [2.05, 4.69) is 21.2 Å². The van der Waals surface area contributed by atoms with Gasteiger partial charge in [0.2, 0.25) is 0 Å². The van der Waals surface area contributed by atoms with E-state index in [1.807, 2.05) is 44.2 Å². The van der Waals surface area contributed by atoms with Crippen LogP contribution in [0.15, 0.2) is 34.8 Å². The molecule has 0 atom stereocenters. The Hall–Kier alpha value is -1.19. The highest BCUT2D eigenvalue weighted by atomic mass is 79.9. The van der Waals surface area contributed by atoms with Crippen LogP contribution in [-0.2, 0) is 6.54 Å². The minimum Gasteiger partial charge on any atom is -0.507 e. The van der Waals surface area contributed by atoms with E-state index in [4.69, 9.17) is 11.6 Å². The standard InChI is InChI=1S/C15H15BrClNO/c1-9-3-6-14(10(2)15(9)19)18-8-11-4-5-12(16)13(17)7-11/h3-7,18-19H,8H2,1-2H3. The predicted octanol–water partition coefficient (Wildman–Crippen LogP) is 5.04. The third-order valence-electron chi connectivity index (χ3n) is 3.10. The van der Waals surface area contributed by atoms with Gasteiger partial charge in [-0.2, -0.15) is 0 Å². The van der Waals surface area contributed by atoms with Crippen LogP contribution in [0.3, 0.4) is 0 Å². The van der Waals surface area contributed by atoms with Crippen molar-refractivity contribution in [3.63, 3.8) is 0 Å². The van der Waals surface area contributed by atoms with E-state index in [1.165, 1.54) is 0 Å². The van der Waals surface area contributed by atoms with Crippen LogP contribution in [0, 0.1) is 13.8 Å². The fourth-order valence-corrected chi connectivity index (χ4v) is 2.32. The molecule has 4 heteroatoms. The summed E-state index contributed by atoms with van der Waals surface area (Å²) in [7, 11) is 0. The summed E-state index contributed by atoms with van der Waals surface area (Å²) in [4.78, 5) is 0. The number of benzene rings is 2. The lowest BCUT2D eigenvalue weighted by Crippen LogP contribution is -2.01. The highest BCUT2D eigenvalue weighted by molar-refractivity contribution is 9.10. The molecule has 0 bridgehead atoms. The molecule has 0 aliphatic carbocycles. The maximum atomic E-state index is 9.90. The average molecular weight is 341 g/mol. The topological polar surface area (TPSA) is 32.3 Å². The zero-order valence-electron chi connectivity index (χ0n) is 10.8. The molecule has 0 spiro atoms. The lowest BCUT2D eigenvalue weighted by atomic mass is 10.1. The molecule has 19 heavy (non-hydrogen) atoms. The van der Waals surface area contributed by atoms with E-state index in [0.29, 0.717) is 17.3 Å². The number of aryl methyl sites for hydroxylation is 1. The van der Waals surface area contributed by atoms with Gasteiger partial charge in [-0.1, -0.05) is 23.7 Å². The number of rotatable bonds is 3. The molecular formula is C15H15BrClNO. The number of halogens is 2. The molecule has 0 saturated carbocycles. The van der Waals surface area contributed by atoms with Crippen LogP contribution in [0.1, 0.15) is 16.7 Å². The molecule has 0 unspecified atom stereocenters. The molecule has 0 fully saturated rings. The smallest absolute Gasteiger partial charge is 0.123 e. The molecule has 2 aromatic carbocycles. The Morgan fingerprint density at radius 3 is 2.63 bits per heavy atom. The van der Waals surface area contributed by atoms with Gasteiger partial charge in [-0.05, 0) is 59.1 Å². The Morgan fingerprint density at radius 1 is 1.21 bits per heavy atom. The maximum absolute atomic E-state index is 9.90. The molecule has 0 aliphatic rings. The molecule has 0 aromatic heterocycles. The Morgan fingerprint density at radius 2 is 1.95 bits per heavy atom. The Bertz CT molecular complexity index is 613. The van der Waals surface area contributed by atoms with Crippen LogP contribution in [0.4, 0.5) is 5.69 Å². The molecule has 0 radical (unpaired) electrons. The molecule has 2 aromatic rings. The summed E-state index contributed by atoms with van der Waals surface area (Å²) in [6.45, 7) is 4.45. The quantitative estimate of drug-likeness (QED) is 0.820. The van der Waals surface area contributed by atoms with Gasteiger partial charge in [-0.3, -0.25) is 0 Å². The van der Waals surface area contributed by atoms with Crippen molar-refractivity contribution in [3.05, 3.63) is 56.5 Å². The van der Waals surface area contributed by atoms with Crippen LogP contribution in [-0.4, -0.2) is 5.11 Å². The fraction of sp³-hybridized carbons (Fsp3) is 0.200. The van der Waals surface area contributed by atoms with Crippen molar-refractivity contribution >= 4 is 33.2 Å². The first-order valence-electron chi connectivity index (χ1n) is 5.96. The predicted molar refractivity (Wildman–Crippen MR) is 84.1 cm³/mol. The lowest BCUT2D eigenvalue weighted by molar-refractivity contribution is 0.467. The largest absolute Gasteiger partial charge is 0.507 e. The van der Waals surface area contributed by atoms with Crippen LogP contribution >= 0.6 is 27.5 Å². The second-order valence-corrected chi connectivity index (χ2v) is 5.77. The summed E-state index contributed by atoms with van der Waals surface area (Å²) in [5.74, 6) is 0.346. The minimum absolute atomic E-state index is 0.346. The monoisotopic (exact) mass is 339 g/mol.